The van der Waals surface area contributed by atoms with Crippen LogP contribution in [0.5, 0.6) is 0 Å². The molecule has 0 aliphatic carbocycles. The fourth-order valence-corrected chi connectivity index (χ4v) is 3.95. The quantitative estimate of drug-likeness (QED) is 0.640. The number of imidazole rings is 1. The standard InChI is InChI=1S/C19H20ClFN4O3S/c1-24(2)29(27,28)13-5-7-17-16(11-13)23-18(25(17)3)8-9-19(26)22-12-4-6-15(21)14(20)10-12/h4-7,10-11H,8-9H2,1-3H3,(H,22,26). The third-order valence-electron chi connectivity index (χ3n) is 4.50. The van der Waals surface area contributed by atoms with E-state index in [9.17, 15) is 17.6 Å². The molecule has 0 bridgehead atoms. The number of halogens is 2. The molecule has 7 nitrogen and oxygen atoms in total. The van der Waals surface area contributed by atoms with Crippen LogP contribution in [0.15, 0.2) is 41.3 Å². The largest absolute Gasteiger partial charge is 0.331 e. The number of anilines is 1. The summed E-state index contributed by atoms with van der Waals surface area (Å²) in [6, 6.07) is 8.71. The Morgan fingerprint density at radius 3 is 2.62 bits per heavy atom. The van der Waals surface area contributed by atoms with E-state index in [1.165, 1.54) is 44.4 Å². The molecule has 29 heavy (non-hydrogen) atoms. The number of sulfonamides is 1. The van der Waals surface area contributed by atoms with Crippen LogP contribution in [0.25, 0.3) is 11.0 Å². The van der Waals surface area contributed by atoms with Crippen LogP contribution in [0, 0.1) is 5.82 Å². The molecule has 0 unspecified atom stereocenters. The summed E-state index contributed by atoms with van der Waals surface area (Å²) in [5, 5.41) is 2.60. The van der Waals surface area contributed by atoms with Crippen LogP contribution >= 0.6 is 11.6 Å². The molecule has 3 rings (SSSR count). The maximum Gasteiger partial charge on any atom is 0.242 e. The summed E-state index contributed by atoms with van der Waals surface area (Å²) in [5.41, 5.74) is 1.71. The Kier molecular flexibility index (Phi) is 5.92. The van der Waals surface area contributed by atoms with Gasteiger partial charge in [-0.3, -0.25) is 4.79 Å². The van der Waals surface area contributed by atoms with E-state index in [0.717, 1.165) is 9.82 Å². The predicted octanol–water partition coefficient (Wildman–Crippen LogP) is 3.19. The van der Waals surface area contributed by atoms with Crippen molar-refractivity contribution in [2.45, 2.75) is 17.7 Å². The third kappa shape index (κ3) is 4.42. The molecule has 0 saturated carbocycles. The van der Waals surface area contributed by atoms with Crippen LogP contribution in [0.3, 0.4) is 0 Å². The van der Waals surface area contributed by atoms with Crippen molar-refractivity contribution in [1.82, 2.24) is 13.9 Å². The minimum atomic E-state index is -3.56. The van der Waals surface area contributed by atoms with Crippen LogP contribution < -0.4 is 5.32 Å². The van der Waals surface area contributed by atoms with Gasteiger partial charge in [-0.05, 0) is 36.4 Å². The highest BCUT2D eigenvalue weighted by atomic mass is 35.5. The van der Waals surface area contributed by atoms with Crippen molar-refractivity contribution >= 4 is 44.3 Å². The van der Waals surface area contributed by atoms with Crippen molar-refractivity contribution in [2.75, 3.05) is 19.4 Å². The molecule has 1 heterocycles. The molecule has 0 aliphatic rings. The van der Waals surface area contributed by atoms with Crippen LogP contribution in [-0.4, -0.2) is 42.3 Å². The number of carbonyl (C=O) groups excluding carboxylic acids is 1. The lowest BCUT2D eigenvalue weighted by Gasteiger charge is -2.10. The van der Waals surface area contributed by atoms with E-state index in [1.807, 2.05) is 11.6 Å². The second kappa shape index (κ2) is 8.10. The van der Waals surface area contributed by atoms with Gasteiger partial charge in [-0.1, -0.05) is 11.6 Å². The molecule has 1 N–H and O–H groups in total. The Morgan fingerprint density at radius 2 is 1.97 bits per heavy atom. The molecule has 0 atom stereocenters. The first kappa shape index (κ1) is 21.2. The van der Waals surface area contributed by atoms with Gasteiger partial charge in [0.05, 0.1) is 21.0 Å². The summed E-state index contributed by atoms with van der Waals surface area (Å²) in [4.78, 5) is 16.8. The van der Waals surface area contributed by atoms with Crippen molar-refractivity contribution in [3.8, 4) is 0 Å². The Morgan fingerprint density at radius 1 is 1.24 bits per heavy atom. The summed E-state index contributed by atoms with van der Waals surface area (Å²) in [7, 11) is 1.19. The van der Waals surface area contributed by atoms with Gasteiger partial charge in [0, 0.05) is 39.7 Å². The average molecular weight is 439 g/mol. The SMILES string of the molecule is CN(C)S(=O)(=O)c1ccc2c(c1)nc(CCC(=O)Nc1ccc(F)c(Cl)c1)n2C. The number of hydrogen-bond acceptors (Lipinski definition) is 4. The van der Waals surface area contributed by atoms with Crippen molar-refractivity contribution in [3.63, 3.8) is 0 Å². The van der Waals surface area contributed by atoms with E-state index in [4.69, 9.17) is 11.6 Å². The Labute approximate surface area is 173 Å². The van der Waals surface area contributed by atoms with Crippen molar-refractivity contribution in [1.29, 1.82) is 0 Å². The zero-order valence-corrected chi connectivity index (χ0v) is 17.7. The zero-order chi connectivity index (χ0) is 21.3. The molecular formula is C19H20ClFN4O3S. The highest BCUT2D eigenvalue weighted by molar-refractivity contribution is 7.89. The van der Waals surface area contributed by atoms with Gasteiger partial charge in [0.15, 0.2) is 0 Å². The summed E-state index contributed by atoms with van der Waals surface area (Å²) < 4.78 is 40.8. The lowest BCUT2D eigenvalue weighted by molar-refractivity contribution is -0.116. The van der Waals surface area contributed by atoms with Gasteiger partial charge in [-0.25, -0.2) is 22.1 Å². The normalized spacial score (nSPS) is 11.9. The number of aromatic nitrogens is 2. The Balaban J connectivity index is 1.75. The number of amides is 1. The number of fused-ring (bicyclic) bond motifs is 1. The van der Waals surface area contributed by atoms with Crippen molar-refractivity contribution in [3.05, 3.63) is 53.1 Å². The van der Waals surface area contributed by atoms with Gasteiger partial charge < -0.3 is 9.88 Å². The monoisotopic (exact) mass is 438 g/mol. The molecule has 1 amide bonds. The molecule has 10 heteroatoms. The number of hydrogen-bond donors (Lipinski definition) is 1. The highest BCUT2D eigenvalue weighted by Gasteiger charge is 2.19. The van der Waals surface area contributed by atoms with Crippen molar-refractivity contribution in [2.24, 2.45) is 7.05 Å². The Bertz CT molecular complexity index is 1190. The second-order valence-corrected chi connectivity index (χ2v) is 9.26. The van der Waals surface area contributed by atoms with Gasteiger partial charge in [-0.2, -0.15) is 0 Å². The molecule has 0 aliphatic heterocycles. The number of nitrogens with zero attached hydrogens (tertiary/aromatic N) is 3. The van der Waals surface area contributed by atoms with E-state index in [0.29, 0.717) is 23.4 Å². The summed E-state index contributed by atoms with van der Waals surface area (Å²) in [6.45, 7) is 0. The lowest BCUT2D eigenvalue weighted by Crippen LogP contribution is -2.22. The molecule has 0 radical (unpaired) electrons. The maximum absolute atomic E-state index is 13.2. The summed E-state index contributed by atoms with van der Waals surface area (Å²) >= 11 is 5.72. The molecule has 0 saturated heterocycles. The first-order valence-corrected chi connectivity index (χ1v) is 10.5. The zero-order valence-electron chi connectivity index (χ0n) is 16.1. The van der Waals surface area contributed by atoms with Gasteiger partial charge in [0.2, 0.25) is 15.9 Å². The first-order chi connectivity index (χ1) is 13.6. The molecule has 154 valence electrons. The van der Waals surface area contributed by atoms with Crippen LogP contribution in [-0.2, 0) is 28.3 Å². The van der Waals surface area contributed by atoms with Gasteiger partial charge in [0.1, 0.15) is 11.6 Å². The number of benzene rings is 2. The number of carbonyl (C=O) groups is 1. The fourth-order valence-electron chi connectivity index (χ4n) is 2.85. The van der Waals surface area contributed by atoms with Crippen LogP contribution in [0.1, 0.15) is 12.2 Å². The first-order valence-electron chi connectivity index (χ1n) is 8.72. The molecule has 0 spiro atoms. The number of nitrogens with one attached hydrogen (secondary N) is 1. The second-order valence-electron chi connectivity index (χ2n) is 6.70. The molecule has 0 fully saturated rings. The average Bonchev–Trinajstić information content (AvgIpc) is 2.98. The van der Waals surface area contributed by atoms with E-state index in [-0.39, 0.29) is 22.2 Å². The Hall–Kier alpha value is -2.49. The summed E-state index contributed by atoms with van der Waals surface area (Å²) in [6.07, 6.45) is 0.497. The van der Waals surface area contributed by atoms with E-state index in [2.05, 4.69) is 10.3 Å². The minimum absolute atomic E-state index is 0.0679. The van der Waals surface area contributed by atoms with Crippen LogP contribution in [0.2, 0.25) is 5.02 Å². The van der Waals surface area contributed by atoms with Crippen LogP contribution in [0.4, 0.5) is 10.1 Å². The van der Waals surface area contributed by atoms with E-state index >= 15 is 0 Å². The maximum atomic E-state index is 13.2. The van der Waals surface area contributed by atoms with Gasteiger partial charge in [-0.15, -0.1) is 0 Å². The van der Waals surface area contributed by atoms with E-state index < -0.39 is 15.8 Å². The number of rotatable bonds is 6. The minimum Gasteiger partial charge on any atom is -0.331 e. The fraction of sp³-hybridized carbons (Fsp3) is 0.263. The van der Waals surface area contributed by atoms with Crippen molar-refractivity contribution < 1.29 is 17.6 Å². The highest BCUT2D eigenvalue weighted by Crippen LogP contribution is 2.22. The molecule has 3 aromatic rings. The summed E-state index contributed by atoms with van der Waals surface area (Å²) in [5.74, 6) is -0.178. The lowest BCUT2D eigenvalue weighted by atomic mass is 10.2. The van der Waals surface area contributed by atoms with E-state index in [1.54, 1.807) is 6.07 Å². The van der Waals surface area contributed by atoms with Gasteiger partial charge in [0.25, 0.3) is 0 Å². The third-order valence-corrected chi connectivity index (χ3v) is 6.60. The molecule has 1 aromatic heterocycles. The predicted molar refractivity (Wildman–Crippen MR) is 110 cm³/mol. The molecule has 2 aromatic carbocycles. The van der Waals surface area contributed by atoms with Gasteiger partial charge >= 0.3 is 0 Å². The smallest absolute Gasteiger partial charge is 0.242 e. The topological polar surface area (TPSA) is 84.3 Å². The molecular weight excluding hydrogens is 419 g/mol. The number of aryl methyl sites for hydroxylation is 2.